The summed E-state index contributed by atoms with van der Waals surface area (Å²) < 4.78 is 13.1. The highest BCUT2D eigenvalue weighted by molar-refractivity contribution is 6.30. The molecule has 0 saturated carbocycles. The van der Waals surface area contributed by atoms with E-state index in [0.29, 0.717) is 0 Å². The highest BCUT2D eigenvalue weighted by Crippen LogP contribution is 2.39. The summed E-state index contributed by atoms with van der Waals surface area (Å²) >= 11 is 5.99. The fraction of sp³-hybridized carbons (Fsp3) is 0.286. The number of anilines is 1. The second kappa shape index (κ2) is 7.16. The summed E-state index contributed by atoms with van der Waals surface area (Å²) in [6.07, 6.45) is 2.84. The van der Waals surface area contributed by atoms with Crippen molar-refractivity contribution < 1.29 is 9.47 Å². The van der Waals surface area contributed by atoms with E-state index in [0.717, 1.165) is 46.7 Å². The zero-order valence-electron chi connectivity index (χ0n) is 15.6. The van der Waals surface area contributed by atoms with Crippen molar-refractivity contribution in [3.8, 4) is 22.8 Å². The standard InChI is InChI=1S/C21H22ClN3O2/c1-13(14-4-6-16(22)7-5-14)24-21-23-12-18-17-11-20(27-3)19(26-2)10-15(17)8-9-25(18)21/h4-7,10-13H,8-9H2,1-3H3,(H,23,24). The van der Waals surface area contributed by atoms with Crippen molar-refractivity contribution >= 4 is 17.5 Å². The van der Waals surface area contributed by atoms with Gasteiger partial charge in [-0.05, 0) is 48.7 Å². The normalized spacial score (nSPS) is 13.5. The topological polar surface area (TPSA) is 48.3 Å². The zero-order chi connectivity index (χ0) is 19.0. The van der Waals surface area contributed by atoms with E-state index in [2.05, 4.69) is 27.9 Å². The second-order valence-electron chi connectivity index (χ2n) is 6.65. The lowest BCUT2D eigenvalue weighted by atomic mass is 9.98. The molecule has 1 aromatic heterocycles. The molecule has 0 fully saturated rings. The quantitative estimate of drug-likeness (QED) is 0.677. The Balaban J connectivity index is 1.65. The molecule has 1 aliphatic rings. The third kappa shape index (κ3) is 3.23. The molecule has 1 aliphatic heterocycles. The number of imidazole rings is 1. The van der Waals surface area contributed by atoms with Crippen LogP contribution in [0.3, 0.4) is 0 Å². The van der Waals surface area contributed by atoms with Crippen molar-refractivity contribution in [2.45, 2.75) is 25.9 Å². The maximum Gasteiger partial charge on any atom is 0.203 e. The third-order valence-electron chi connectivity index (χ3n) is 5.06. The minimum Gasteiger partial charge on any atom is -0.493 e. The minimum atomic E-state index is 0.126. The predicted molar refractivity (Wildman–Crippen MR) is 108 cm³/mol. The van der Waals surface area contributed by atoms with Gasteiger partial charge in [0.15, 0.2) is 11.5 Å². The molecule has 5 nitrogen and oxygen atoms in total. The molecule has 0 saturated heterocycles. The molecule has 3 aromatic rings. The van der Waals surface area contributed by atoms with E-state index in [1.165, 1.54) is 11.1 Å². The first kappa shape index (κ1) is 17.7. The molecule has 0 amide bonds. The van der Waals surface area contributed by atoms with Crippen LogP contribution < -0.4 is 14.8 Å². The number of ether oxygens (including phenoxy) is 2. The number of halogens is 1. The number of fused-ring (bicyclic) bond motifs is 3. The lowest BCUT2D eigenvalue weighted by Gasteiger charge is -2.23. The number of nitrogens with one attached hydrogen (secondary N) is 1. The first-order chi connectivity index (χ1) is 13.1. The van der Waals surface area contributed by atoms with Crippen LogP contribution >= 0.6 is 11.6 Å². The Morgan fingerprint density at radius 2 is 1.81 bits per heavy atom. The summed E-state index contributed by atoms with van der Waals surface area (Å²) in [6.45, 7) is 2.99. The number of aromatic nitrogens is 2. The Morgan fingerprint density at radius 1 is 1.11 bits per heavy atom. The van der Waals surface area contributed by atoms with Crippen molar-refractivity contribution in [1.82, 2.24) is 9.55 Å². The molecule has 1 unspecified atom stereocenters. The molecular formula is C21H22ClN3O2. The number of nitrogens with zero attached hydrogens (tertiary/aromatic N) is 2. The van der Waals surface area contributed by atoms with Gasteiger partial charge in [0.05, 0.1) is 32.2 Å². The monoisotopic (exact) mass is 383 g/mol. The fourth-order valence-corrected chi connectivity index (χ4v) is 3.69. The minimum absolute atomic E-state index is 0.126. The van der Waals surface area contributed by atoms with Gasteiger partial charge in [-0.15, -0.1) is 0 Å². The summed E-state index contributed by atoms with van der Waals surface area (Å²) in [6, 6.07) is 12.1. The van der Waals surface area contributed by atoms with Crippen LogP contribution in [0.4, 0.5) is 5.95 Å². The Kier molecular flexibility index (Phi) is 4.70. The van der Waals surface area contributed by atoms with E-state index < -0.39 is 0 Å². The molecule has 0 spiro atoms. The van der Waals surface area contributed by atoms with Gasteiger partial charge < -0.3 is 19.4 Å². The summed E-state index contributed by atoms with van der Waals surface area (Å²) in [7, 11) is 3.32. The largest absolute Gasteiger partial charge is 0.493 e. The van der Waals surface area contributed by atoms with E-state index in [4.69, 9.17) is 21.1 Å². The Morgan fingerprint density at radius 3 is 2.52 bits per heavy atom. The number of hydrogen-bond donors (Lipinski definition) is 1. The first-order valence-electron chi connectivity index (χ1n) is 8.93. The summed E-state index contributed by atoms with van der Waals surface area (Å²) in [4.78, 5) is 4.63. The molecule has 0 radical (unpaired) electrons. The van der Waals surface area contributed by atoms with E-state index in [1.54, 1.807) is 14.2 Å². The van der Waals surface area contributed by atoms with Crippen LogP contribution in [0.25, 0.3) is 11.3 Å². The fourth-order valence-electron chi connectivity index (χ4n) is 3.56. The molecule has 6 heteroatoms. The average molecular weight is 384 g/mol. The van der Waals surface area contributed by atoms with Crippen molar-refractivity contribution in [3.63, 3.8) is 0 Å². The highest BCUT2D eigenvalue weighted by atomic mass is 35.5. The van der Waals surface area contributed by atoms with Gasteiger partial charge in [-0.25, -0.2) is 4.98 Å². The molecular weight excluding hydrogens is 362 g/mol. The van der Waals surface area contributed by atoms with E-state index in [1.807, 2.05) is 36.5 Å². The van der Waals surface area contributed by atoms with Crippen molar-refractivity contribution in [2.24, 2.45) is 0 Å². The van der Waals surface area contributed by atoms with Gasteiger partial charge in [-0.1, -0.05) is 23.7 Å². The van der Waals surface area contributed by atoms with Crippen LogP contribution in [-0.2, 0) is 13.0 Å². The summed E-state index contributed by atoms with van der Waals surface area (Å²) in [5.41, 5.74) is 4.64. The molecule has 27 heavy (non-hydrogen) atoms. The smallest absolute Gasteiger partial charge is 0.203 e. The van der Waals surface area contributed by atoms with Crippen LogP contribution in [0.15, 0.2) is 42.6 Å². The predicted octanol–water partition coefficient (Wildman–Crippen LogP) is 4.95. The van der Waals surface area contributed by atoms with E-state index >= 15 is 0 Å². The summed E-state index contributed by atoms with van der Waals surface area (Å²) in [5, 5.41) is 4.26. The number of benzene rings is 2. The molecule has 2 heterocycles. The van der Waals surface area contributed by atoms with E-state index in [9.17, 15) is 0 Å². The van der Waals surface area contributed by atoms with Crippen molar-refractivity contribution in [3.05, 3.63) is 58.7 Å². The van der Waals surface area contributed by atoms with Gasteiger partial charge in [0.1, 0.15) is 0 Å². The Hall–Kier alpha value is -2.66. The number of aryl methyl sites for hydroxylation is 1. The number of hydrogen-bond acceptors (Lipinski definition) is 4. The molecule has 1 N–H and O–H groups in total. The van der Waals surface area contributed by atoms with Crippen LogP contribution in [0, 0.1) is 0 Å². The van der Waals surface area contributed by atoms with E-state index in [-0.39, 0.29) is 6.04 Å². The first-order valence-corrected chi connectivity index (χ1v) is 9.31. The highest BCUT2D eigenvalue weighted by Gasteiger charge is 2.23. The lowest BCUT2D eigenvalue weighted by molar-refractivity contribution is 0.354. The van der Waals surface area contributed by atoms with Crippen molar-refractivity contribution in [1.29, 1.82) is 0 Å². The maximum absolute atomic E-state index is 5.99. The van der Waals surface area contributed by atoms with Crippen LogP contribution in [0.1, 0.15) is 24.1 Å². The number of methoxy groups -OCH3 is 2. The van der Waals surface area contributed by atoms with Gasteiger partial charge in [-0.3, -0.25) is 0 Å². The van der Waals surface area contributed by atoms with Crippen molar-refractivity contribution in [2.75, 3.05) is 19.5 Å². The number of rotatable bonds is 5. The second-order valence-corrected chi connectivity index (χ2v) is 7.09. The summed E-state index contributed by atoms with van der Waals surface area (Å²) in [5.74, 6) is 2.36. The Bertz CT molecular complexity index is 966. The van der Waals surface area contributed by atoms with Gasteiger partial charge in [0, 0.05) is 17.1 Å². The molecule has 0 bridgehead atoms. The zero-order valence-corrected chi connectivity index (χ0v) is 16.4. The molecule has 4 rings (SSSR count). The van der Waals surface area contributed by atoms with Gasteiger partial charge >= 0.3 is 0 Å². The van der Waals surface area contributed by atoms with Crippen LogP contribution in [0.2, 0.25) is 5.02 Å². The van der Waals surface area contributed by atoms with Gasteiger partial charge in [0.25, 0.3) is 0 Å². The van der Waals surface area contributed by atoms with Crippen LogP contribution in [0.5, 0.6) is 11.5 Å². The molecule has 2 aromatic carbocycles. The lowest BCUT2D eigenvalue weighted by Crippen LogP contribution is -2.16. The van der Waals surface area contributed by atoms with Gasteiger partial charge in [0.2, 0.25) is 5.95 Å². The Labute approximate surface area is 163 Å². The molecule has 140 valence electrons. The van der Waals surface area contributed by atoms with Crippen LogP contribution in [-0.4, -0.2) is 23.8 Å². The molecule has 1 atom stereocenters. The SMILES string of the molecule is COc1cc2c(cc1OC)-c1cnc(NC(C)c3ccc(Cl)cc3)n1CC2. The maximum atomic E-state index is 5.99. The third-order valence-corrected chi connectivity index (χ3v) is 5.31. The molecule has 0 aliphatic carbocycles. The average Bonchev–Trinajstić information content (AvgIpc) is 3.10. The van der Waals surface area contributed by atoms with Gasteiger partial charge in [-0.2, -0.15) is 0 Å².